The molecule has 0 radical (unpaired) electrons. The van der Waals surface area contributed by atoms with Gasteiger partial charge in [0.2, 0.25) is 5.91 Å². The molecule has 2 aromatic heterocycles. The number of benzene rings is 1. The number of nitrogens with zero attached hydrogens (tertiary/aromatic N) is 3. The van der Waals surface area contributed by atoms with Crippen LogP contribution in [0.15, 0.2) is 34.7 Å². The number of aryl methyl sites for hydroxylation is 1. The number of ether oxygens (including phenoxy) is 2. The van der Waals surface area contributed by atoms with E-state index in [1.54, 1.807) is 35.1 Å². The number of hydrogen-bond acceptors (Lipinski definition) is 6. The van der Waals surface area contributed by atoms with Crippen LogP contribution in [-0.4, -0.2) is 41.1 Å². The lowest BCUT2D eigenvalue weighted by atomic mass is 10.1. The second-order valence-corrected chi connectivity index (χ2v) is 8.01. The molecule has 3 aromatic rings. The van der Waals surface area contributed by atoms with Gasteiger partial charge in [-0.2, -0.15) is 0 Å². The van der Waals surface area contributed by atoms with Crippen LogP contribution in [-0.2, 0) is 24.3 Å². The zero-order valence-corrected chi connectivity index (χ0v) is 17.3. The Morgan fingerprint density at radius 2 is 2.03 bits per heavy atom. The second-order valence-electron chi connectivity index (χ2n) is 7.01. The van der Waals surface area contributed by atoms with Crippen molar-refractivity contribution in [2.75, 3.05) is 20.8 Å². The number of carbonyl (C=O) groups excluding carboxylic acids is 1. The standard InChI is InChI=1S/C21H23N3O4S/c1-27-17-10-15-16(11-18(17)28-2)22-13-24(21(15)26)7-3-4-20(25)23-8-5-19-14(12-23)6-9-29-19/h6,9-11,13H,3-5,7-8,12H2,1-2H3. The Morgan fingerprint density at radius 1 is 1.24 bits per heavy atom. The van der Waals surface area contributed by atoms with Crippen molar-refractivity contribution in [2.45, 2.75) is 32.4 Å². The summed E-state index contributed by atoms with van der Waals surface area (Å²) in [5.41, 5.74) is 1.66. The van der Waals surface area contributed by atoms with Gasteiger partial charge in [0.25, 0.3) is 5.56 Å². The number of thiophene rings is 1. The van der Waals surface area contributed by atoms with Gasteiger partial charge in [0, 0.05) is 37.0 Å². The van der Waals surface area contributed by atoms with Gasteiger partial charge in [0.05, 0.1) is 31.4 Å². The first-order valence-electron chi connectivity index (χ1n) is 9.55. The number of amides is 1. The average molecular weight is 413 g/mol. The highest BCUT2D eigenvalue weighted by Gasteiger charge is 2.21. The fourth-order valence-corrected chi connectivity index (χ4v) is 4.55. The SMILES string of the molecule is COc1cc2ncn(CCCC(=O)N3CCc4sccc4C3)c(=O)c2cc1OC. The first-order chi connectivity index (χ1) is 14.1. The van der Waals surface area contributed by atoms with Crippen molar-refractivity contribution in [1.29, 1.82) is 0 Å². The van der Waals surface area contributed by atoms with Crippen LogP contribution in [0.25, 0.3) is 10.9 Å². The lowest BCUT2D eigenvalue weighted by molar-refractivity contribution is -0.132. The van der Waals surface area contributed by atoms with Crippen molar-refractivity contribution in [3.8, 4) is 11.5 Å². The highest BCUT2D eigenvalue weighted by Crippen LogP contribution is 2.30. The molecule has 0 unspecified atom stereocenters. The quantitative estimate of drug-likeness (QED) is 0.621. The van der Waals surface area contributed by atoms with Crippen LogP contribution in [0.3, 0.4) is 0 Å². The number of rotatable bonds is 6. The topological polar surface area (TPSA) is 73.7 Å². The molecule has 0 saturated heterocycles. The van der Waals surface area contributed by atoms with Crippen LogP contribution < -0.4 is 15.0 Å². The first kappa shape index (κ1) is 19.4. The van der Waals surface area contributed by atoms with E-state index in [-0.39, 0.29) is 11.5 Å². The van der Waals surface area contributed by atoms with Crippen LogP contribution in [0, 0.1) is 0 Å². The summed E-state index contributed by atoms with van der Waals surface area (Å²) in [6.07, 6.45) is 3.46. The summed E-state index contributed by atoms with van der Waals surface area (Å²) < 4.78 is 12.1. The van der Waals surface area contributed by atoms with Gasteiger partial charge in [0.15, 0.2) is 11.5 Å². The molecule has 152 valence electrons. The molecule has 7 nitrogen and oxygen atoms in total. The third kappa shape index (κ3) is 3.85. The number of hydrogen-bond donors (Lipinski definition) is 0. The summed E-state index contributed by atoms with van der Waals surface area (Å²) in [4.78, 5) is 33.0. The molecule has 1 aliphatic heterocycles. The largest absolute Gasteiger partial charge is 0.493 e. The highest BCUT2D eigenvalue weighted by molar-refractivity contribution is 7.10. The second kappa shape index (κ2) is 8.24. The van der Waals surface area contributed by atoms with Crippen LogP contribution in [0.2, 0.25) is 0 Å². The van der Waals surface area contributed by atoms with Crippen molar-refractivity contribution in [1.82, 2.24) is 14.5 Å². The van der Waals surface area contributed by atoms with E-state index >= 15 is 0 Å². The van der Waals surface area contributed by atoms with Crippen molar-refractivity contribution < 1.29 is 14.3 Å². The van der Waals surface area contributed by atoms with Gasteiger partial charge in [-0.15, -0.1) is 11.3 Å². The van der Waals surface area contributed by atoms with Crippen LogP contribution >= 0.6 is 11.3 Å². The monoisotopic (exact) mass is 413 g/mol. The predicted octanol–water partition coefficient (Wildman–Crippen LogP) is 2.84. The maximum atomic E-state index is 12.8. The van der Waals surface area contributed by atoms with Crippen molar-refractivity contribution in [3.05, 3.63) is 50.7 Å². The maximum absolute atomic E-state index is 12.8. The molecule has 1 amide bonds. The minimum Gasteiger partial charge on any atom is -0.493 e. The molecular weight excluding hydrogens is 390 g/mol. The van der Waals surface area contributed by atoms with Gasteiger partial charge in [0.1, 0.15) is 0 Å². The van der Waals surface area contributed by atoms with Gasteiger partial charge >= 0.3 is 0 Å². The third-order valence-electron chi connectivity index (χ3n) is 5.28. The van der Waals surface area contributed by atoms with Gasteiger partial charge < -0.3 is 14.4 Å². The highest BCUT2D eigenvalue weighted by atomic mass is 32.1. The zero-order valence-electron chi connectivity index (χ0n) is 16.5. The maximum Gasteiger partial charge on any atom is 0.261 e. The van der Waals surface area contributed by atoms with E-state index < -0.39 is 0 Å². The molecule has 29 heavy (non-hydrogen) atoms. The molecule has 4 rings (SSSR count). The Hall–Kier alpha value is -2.87. The normalized spacial score (nSPS) is 13.4. The predicted molar refractivity (Wildman–Crippen MR) is 112 cm³/mol. The van der Waals surface area contributed by atoms with Gasteiger partial charge in [-0.3, -0.25) is 14.2 Å². The molecule has 0 atom stereocenters. The van der Waals surface area contributed by atoms with E-state index in [4.69, 9.17) is 9.47 Å². The average Bonchev–Trinajstić information content (AvgIpc) is 3.22. The molecule has 1 aromatic carbocycles. The molecule has 0 saturated carbocycles. The smallest absolute Gasteiger partial charge is 0.261 e. The molecule has 0 fully saturated rings. The number of aromatic nitrogens is 2. The number of carbonyl (C=O) groups is 1. The molecule has 1 aliphatic rings. The summed E-state index contributed by atoms with van der Waals surface area (Å²) in [5.74, 6) is 1.16. The Morgan fingerprint density at radius 3 is 2.83 bits per heavy atom. The van der Waals surface area contributed by atoms with E-state index in [9.17, 15) is 9.59 Å². The van der Waals surface area contributed by atoms with Gasteiger partial charge in [-0.1, -0.05) is 0 Å². The molecule has 0 aliphatic carbocycles. The summed E-state index contributed by atoms with van der Waals surface area (Å²) in [7, 11) is 3.08. The fraction of sp³-hybridized carbons (Fsp3) is 0.381. The van der Waals surface area contributed by atoms with Gasteiger partial charge in [-0.05, 0) is 35.9 Å². The number of fused-ring (bicyclic) bond motifs is 2. The van der Waals surface area contributed by atoms with Crippen molar-refractivity contribution in [3.63, 3.8) is 0 Å². The Bertz CT molecular complexity index is 1100. The fourth-order valence-electron chi connectivity index (χ4n) is 3.66. The summed E-state index contributed by atoms with van der Waals surface area (Å²) >= 11 is 1.76. The third-order valence-corrected chi connectivity index (χ3v) is 6.30. The molecule has 8 heteroatoms. The molecule has 0 spiro atoms. The van der Waals surface area contributed by atoms with E-state index in [1.807, 2.05) is 4.90 Å². The molecular formula is C21H23N3O4S. The Kier molecular flexibility index (Phi) is 5.53. The molecule has 3 heterocycles. The lowest BCUT2D eigenvalue weighted by Crippen LogP contribution is -2.35. The minimum atomic E-state index is -0.149. The number of methoxy groups -OCH3 is 2. The lowest BCUT2D eigenvalue weighted by Gasteiger charge is -2.27. The van der Waals surface area contributed by atoms with E-state index in [0.29, 0.717) is 48.3 Å². The van der Waals surface area contributed by atoms with E-state index in [2.05, 4.69) is 16.4 Å². The Balaban J connectivity index is 1.42. The van der Waals surface area contributed by atoms with Crippen LogP contribution in [0.1, 0.15) is 23.3 Å². The van der Waals surface area contributed by atoms with Crippen LogP contribution in [0.5, 0.6) is 11.5 Å². The summed E-state index contributed by atoms with van der Waals surface area (Å²) in [5, 5.41) is 2.56. The van der Waals surface area contributed by atoms with E-state index in [0.717, 1.165) is 13.0 Å². The minimum absolute atomic E-state index is 0.134. The molecule has 0 bridgehead atoms. The first-order valence-corrected chi connectivity index (χ1v) is 10.4. The Labute approximate surface area is 172 Å². The molecule has 0 N–H and O–H groups in total. The van der Waals surface area contributed by atoms with Crippen molar-refractivity contribution in [2.24, 2.45) is 0 Å². The van der Waals surface area contributed by atoms with Crippen LogP contribution in [0.4, 0.5) is 0 Å². The summed E-state index contributed by atoms with van der Waals surface area (Å²) in [6, 6.07) is 5.44. The van der Waals surface area contributed by atoms with E-state index in [1.165, 1.54) is 23.9 Å². The van der Waals surface area contributed by atoms with Gasteiger partial charge in [-0.25, -0.2) is 4.98 Å². The summed E-state index contributed by atoms with van der Waals surface area (Å²) in [6.45, 7) is 1.90. The zero-order chi connectivity index (χ0) is 20.4. The van der Waals surface area contributed by atoms with Crippen molar-refractivity contribution >= 4 is 28.1 Å².